The van der Waals surface area contributed by atoms with E-state index in [4.69, 9.17) is 10.2 Å². The van der Waals surface area contributed by atoms with Crippen LogP contribution in [0, 0.1) is 5.41 Å². The second-order valence-electron chi connectivity index (χ2n) is 2.85. The van der Waals surface area contributed by atoms with E-state index in [2.05, 4.69) is 15.9 Å². The SMILES string of the molecule is OCC1(CO)CC=C(Br)C1. The summed E-state index contributed by atoms with van der Waals surface area (Å²) < 4.78 is 1.09. The second kappa shape index (κ2) is 3.03. The zero-order valence-electron chi connectivity index (χ0n) is 5.68. The molecular formula is C7H11BrO2. The molecule has 0 aromatic rings. The molecule has 0 amide bonds. The summed E-state index contributed by atoms with van der Waals surface area (Å²) in [6.07, 6.45) is 3.55. The van der Waals surface area contributed by atoms with Crippen molar-refractivity contribution in [2.75, 3.05) is 13.2 Å². The Morgan fingerprint density at radius 1 is 1.50 bits per heavy atom. The molecule has 0 aromatic heterocycles. The van der Waals surface area contributed by atoms with Gasteiger partial charge in [-0.1, -0.05) is 22.0 Å². The first kappa shape index (κ1) is 8.24. The van der Waals surface area contributed by atoms with Crippen LogP contribution in [0.4, 0.5) is 0 Å². The first-order valence-electron chi connectivity index (χ1n) is 3.29. The molecule has 0 aliphatic heterocycles. The Balaban J connectivity index is 2.57. The molecule has 58 valence electrons. The number of hydrogen-bond acceptors (Lipinski definition) is 2. The number of allylic oxidation sites excluding steroid dienone is 2. The molecule has 0 aromatic carbocycles. The lowest BCUT2D eigenvalue weighted by atomic mass is 9.88. The molecule has 2 nitrogen and oxygen atoms in total. The highest BCUT2D eigenvalue weighted by molar-refractivity contribution is 9.11. The second-order valence-corrected chi connectivity index (χ2v) is 3.87. The Bertz CT molecular complexity index is 150. The molecule has 0 heterocycles. The third kappa shape index (κ3) is 1.41. The molecule has 0 radical (unpaired) electrons. The summed E-state index contributed by atoms with van der Waals surface area (Å²) in [6, 6.07) is 0. The lowest BCUT2D eigenvalue weighted by Gasteiger charge is -2.22. The van der Waals surface area contributed by atoms with Gasteiger partial charge in [0.05, 0.1) is 13.2 Å². The van der Waals surface area contributed by atoms with E-state index in [9.17, 15) is 0 Å². The molecular weight excluding hydrogens is 196 g/mol. The fourth-order valence-corrected chi connectivity index (χ4v) is 1.88. The summed E-state index contributed by atoms with van der Waals surface area (Å²) in [4.78, 5) is 0. The van der Waals surface area contributed by atoms with Crippen molar-refractivity contribution in [1.82, 2.24) is 0 Å². The summed E-state index contributed by atoms with van der Waals surface area (Å²) in [5.74, 6) is 0. The van der Waals surface area contributed by atoms with Crippen molar-refractivity contribution >= 4 is 15.9 Å². The normalized spacial score (nSPS) is 22.9. The number of halogens is 1. The summed E-state index contributed by atoms with van der Waals surface area (Å²) in [6.45, 7) is 0.129. The highest BCUT2D eigenvalue weighted by atomic mass is 79.9. The van der Waals surface area contributed by atoms with Gasteiger partial charge in [0.15, 0.2) is 0 Å². The van der Waals surface area contributed by atoms with Crippen molar-refractivity contribution in [2.24, 2.45) is 5.41 Å². The van der Waals surface area contributed by atoms with Crippen LogP contribution >= 0.6 is 15.9 Å². The third-order valence-corrected chi connectivity index (χ3v) is 2.58. The van der Waals surface area contributed by atoms with Gasteiger partial charge < -0.3 is 10.2 Å². The van der Waals surface area contributed by atoms with Crippen LogP contribution in [0.1, 0.15) is 12.8 Å². The Labute approximate surface area is 68.7 Å². The van der Waals surface area contributed by atoms with Gasteiger partial charge in [0, 0.05) is 5.41 Å². The van der Waals surface area contributed by atoms with Crippen molar-refractivity contribution in [3.8, 4) is 0 Å². The average molecular weight is 207 g/mol. The van der Waals surface area contributed by atoms with Crippen LogP contribution in [0.5, 0.6) is 0 Å². The summed E-state index contributed by atoms with van der Waals surface area (Å²) in [5.41, 5.74) is -0.279. The van der Waals surface area contributed by atoms with Gasteiger partial charge in [-0.2, -0.15) is 0 Å². The van der Waals surface area contributed by atoms with Gasteiger partial charge in [-0.25, -0.2) is 0 Å². The van der Waals surface area contributed by atoms with Crippen LogP contribution in [0.15, 0.2) is 10.6 Å². The molecule has 0 spiro atoms. The van der Waals surface area contributed by atoms with Gasteiger partial charge in [0.25, 0.3) is 0 Å². The van der Waals surface area contributed by atoms with E-state index >= 15 is 0 Å². The van der Waals surface area contributed by atoms with Crippen molar-refractivity contribution in [2.45, 2.75) is 12.8 Å². The topological polar surface area (TPSA) is 40.5 Å². The molecule has 0 atom stereocenters. The van der Waals surface area contributed by atoms with Crippen molar-refractivity contribution < 1.29 is 10.2 Å². The molecule has 1 aliphatic rings. The van der Waals surface area contributed by atoms with E-state index in [0.29, 0.717) is 0 Å². The maximum Gasteiger partial charge on any atom is 0.0515 e. The van der Waals surface area contributed by atoms with Crippen molar-refractivity contribution in [3.63, 3.8) is 0 Å². The van der Waals surface area contributed by atoms with Crippen molar-refractivity contribution in [1.29, 1.82) is 0 Å². The maximum atomic E-state index is 8.92. The van der Waals surface area contributed by atoms with E-state index in [1.165, 1.54) is 0 Å². The number of aliphatic hydroxyl groups is 2. The van der Waals surface area contributed by atoms with E-state index in [1.54, 1.807) is 0 Å². The minimum atomic E-state index is -0.279. The summed E-state index contributed by atoms with van der Waals surface area (Å²) in [5, 5.41) is 17.8. The van der Waals surface area contributed by atoms with Gasteiger partial charge in [0.2, 0.25) is 0 Å². The molecule has 0 bridgehead atoms. The highest BCUT2D eigenvalue weighted by Crippen LogP contribution is 2.38. The molecule has 2 N–H and O–H groups in total. The molecule has 10 heavy (non-hydrogen) atoms. The number of hydrogen-bond donors (Lipinski definition) is 2. The van der Waals surface area contributed by atoms with Gasteiger partial charge in [0.1, 0.15) is 0 Å². The van der Waals surface area contributed by atoms with E-state index in [0.717, 1.165) is 17.3 Å². The minimum Gasteiger partial charge on any atom is -0.396 e. The van der Waals surface area contributed by atoms with Gasteiger partial charge >= 0.3 is 0 Å². The summed E-state index contributed by atoms with van der Waals surface area (Å²) in [7, 11) is 0. The molecule has 0 fully saturated rings. The van der Waals surface area contributed by atoms with Gasteiger partial charge in [-0.3, -0.25) is 0 Å². The van der Waals surface area contributed by atoms with Crippen LogP contribution in [0.3, 0.4) is 0 Å². The van der Waals surface area contributed by atoms with Crippen LogP contribution < -0.4 is 0 Å². The first-order valence-corrected chi connectivity index (χ1v) is 4.08. The molecule has 0 saturated heterocycles. The lowest BCUT2D eigenvalue weighted by Crippen LogP contribution is -2.26. The monoisotopic (exact) mass is 206 g/mol. The van der Waals surface area contributed by atoms with Crippen LogP contribution in [-0.4, -0.2) is 23.4 Å². The Morgan fingerprint density at radius 3 is 2.30 bits per heavy atom. The Kier molecular flexibility index (Phi) is 2.50. The molecule has 3 heteroatoms. The zero-order chi connectivity index (χ0) is 7.61. The number of rotatable bonds is 2. The highest BCUT2D eigenvalue weighted by Gasteiger charge is 2.32. The van der Waals surface area contributed by atoms with Crippen molar-refractivity contribution in [3.05, 3.63) is 10.6 Å². The van der Waals surface area contributed by atoms with Crippen LogP contribution in [0.2, 0.25) is 0 Å². The fourth-order valence-electron chi connectivity index (χ4n) is 1.12. The van der Waals surface area contributed by atoms with E-state index < -0.39 is 0 Å². The predicted octanol–water partition coefficient (Wildman–Crippen LogP) is 1.03. The summed E-state index contributed by atoms with van der Waals surface area (Å²) >= 11 is 3.33. The maximum absolute atomic E-state index is 8.92. The standard InChI is InChI=1S/C7H11BrO2/c8-6-1-2-7(3-6,4-9)5-10/h1,9-10H,2-5H2. The largest absolute Gasteiger partial charge is 0.396 e. The predicted molar refractivity (Wildman–Crippen MR) is 42.8 cm³/mol. The Morgan fingerprint density at radius 2 is 2.10 bits per heavy atom. The van der Waals surface area contributed by atoms with Crippen LogP contribution in [-0.2, 0) is 0 Å². The smallest absolute Gasteiger partial charge is 0.0515 e. The lowest BCUT2D eigenvalue weighted by molar-refractivity contribution is 0.0651. The zero-order valence-corrected chi connectivity index (χ0v) is 7.26. The van der Waals surface area contributed by atoms with Crippen LogP contribution in [0.25, 0.3) is 0 Å². The van der Waals surface area contributed by atoms with Gasteiger partial charge in [-0.15, -0.1) is 0 Å². The average Bonchev–Trinajstić information content (AvgIpc) is 2.33. The Hall–Kier alpha value is 0.140. The minimum absolute atomic E-state index is 0.0646. The number of aliphatic hydroxyl groups excluding tert-OH is 2. The van der Waals surface area contributed by atoms with E-state index in [1.807, 2.05) is 6.08 Å². The molecule has 1 aliphatic carbocycles. The fraction of sp³-hybridized carbons (Fsp3) is 0.714. The molecule has 1 rings (SSSR count). The molecule has 0 unspecified atom stereocenters. The third-order valence-electron chi connectivity index (χ3n) is 1.97. The molecule has 0 saturated carbocycles. The van der Waals surface area contributed by atoms with Gasteiger partial charge in [-0.05, 0) is 17.3 Å². The first-order chi connectivity index (χ1) is 4.72. The quantitative estimate of drug-likeness (QED) is 0.709. The van der Waals surface area contributed by atoms with E-state index in [-0.39, 0.29) is 18.6 Å².